The van der Waals surface area contributed by atoms with Gasteiger partial charge in [0.25, 0.3) is 0 Å². The third-order valence-corrected chi connectivity index (χ3v) is 6.89. The van der Waals surface area contributed by atoms with E-state index in [1.807, 2.05) is 55.5 Å². The lowest BCUT2D eigenvalue weighted by molar-refractivity contribution is 0.390. The number of benzene rings is 2. The molecule has 2 aromatic carbocycles. The molecule has 0 heterocycles. The van der Waals surface area contributed by atoms with E-state index in [-0.39, 0.29) is 11.7 Å². The lowest BCUT2D eigenvalue weighted by Gasteiger charge is -2.25. The Labute approximate surface area is 175 Å². The second-order valence-corrected chi connectivity index (χ2v) is 9.05. The second-order valence-electron chi connectivity index (χ2n) is 7.04. The van der Waals surface area contributed by atoms with E-state index in [1.165, 1.54) is 0 Å². The molecule has 0 radical (unpaired) electrons. The van der Waals surface area contributed by atoms with Crippen molar-refractivity contribution in [3.8, 4) is 11.5 Å². The minimum atomic E-state index is -3.46. The van der Waals surface area contributed by atoms with Crippen LogP contribution in [0.1, 0.15) is 30.9 Å². The lowest BCUT2D eigenvalue weighted by atomic mass is 10.1. The fraction of sp³-hybridized carbons (Fsp3) is 0.391. The van der Waals surface area contributed by atoms with Gasteiger partial charge in [-0.2, -0.15) is 4.31 Å². The van der Waals surface area contributed by atoms with Gasteiger partial charge in [0.15, 0.2) is 0 Å². The summed E-state index contributed by atoms with van der Waals surface area (Å²) in [6.07, 6.45) is 3.28. The smallest absolute Gasteiger partial charge is 0.214 e. The molecule has 0 bridgehead atoms. The first-order valence-electron chi connectivity index (χ1n) is 9.76. The average molecular weight is 418 g/mol. The predicted molar refractivity (Wildman–Crippen MR) is 118 cm³/mol. The third-order valence-electron chi connectivity index (χ3n) is 4.95. The van der Waals surface area contributed by atoms with E-state index in [4.69, 9.17) is 9.47 Å². The van der Waals surface area contributed by atoms with Gasteiger partial charge in [-0.1, -0.05) is 43.7 Å². The molecule has 0 saturated carbocycles. The van der Waals surface area contributed by atoms with Crippen LogP contribution in [0.5, 0.6) is 11.5 Å². The Hall–Kier alpha value is -2.31. The summed E-state index contributed by atoms with van der Waals surface area (Å²) < 4.78 is 38.5. The fourth-order valence-electron chi connectivity index (χ4n) is 3.11. The normalized spacial score (nSPS) is 12.6. The van der Waals surface area contributed by atoms with Crippen molar-refractivity contribution < 1.29 is 17.9 Å². The number of rotatable bonds is 12. The molecular weight excluding hydrogens is 386 g/mol. The molecule has 5 nitrogen and oxygen atoms in total. The topological polar surface area (TPSA) is 55.8 Å². The van der Waals surface area contributed by atoms with Gasteiger partial charge in [0.1, 0.15) is 11.5 Å². The van der Waals surface area contributed by atoms with Crippen molar-refractivity contribution in [1.29, 1.82) is 0 Å². The third kappa shape index (κ3) is 6.91. The fourth-order valence-corrected chi connectivity index (χ4v) is 4.98. The van der Waals surface area contributed by atoms with Crippen molar-refractivity contribution in [2.24, 2.45) is 5.92 Å². The quantitative estimate of drug-likeness (QED) is 0.472. The molecule has 2 rings (SSSR count). The maximum absolute atomic E-state index is 13.3. The molecule has 2 aromatic rings. The van der Waals surface area contributed by atoms with Gasteiger partial charge in [-0.25, -0.2) is 8.42 Å². The van der Waals surface area contributed by atoms with Crippen LogP contribution in [-0.4, -0.2) is 32.7 Å². The molecule has 0 N–H and O–H groups in total. The van der Waals surface area contributed by atoms with Crippen LogP contribution < -0.4 is 9.47 Å². The summed E-state index contributed by atoms with van der Waals surface area (Å²) >= 11 is 0. The van der Waals surface area contributed by atoms with Gasteiger partial charge in [-0.3, -0.25) is 0 Å². The molecule has 0 aromatic heterocycles. The molecule has 0 saturated heterocycles. The molecule has 1 atom stereocenters. The highest BCUT2D eigenvalue weighted by atomic mass is 32.2. The largest absolute Gasteiger partial charge is 0.497 e. The molecule has 1 unspecified atom stereocenters. The molecule has 0 aliphatic rings. The van der Waals surface area contributed by atoms with E-state index in [0.717, 1.165) is 29.0 Å². The van der Waals surface area contributed by atoms with Crippen LogP contribution in [0.15, 0.2) is 61.2 Å². The predicted octanol–water partition coefficient (Wildman–Crippen LogP) is 4.64. The summed E-state index contributed by atoms with van der Waals surface area (Å²) in [5, 5.41) is 0. The van der Waals surface area contributed by atoms with Crippen LogP contribution in [-0.2, 0) is 23.1 Å². The SMILES string of the molecule is C=CCC(CC)CS(=O)(=O)N(Cc1ccc(OC)cc1)Cc1ccc(OC)cc1. The molecule has 6 heteroatoms. The van der Waals surface area contributed by atoms with Crippen molar-refractivity contribution in [2.75, 3.05) is 20.0 Å². The van der Waals surface area contributed by atoms with Gasteiger partial charge in [0.05, 0.1) is 20.0 Å². The first-order valence-corrected chi connectivity index (χ1v) is 11.4. The van der Waals surface area contributed by atoms with Crippen LogP contribution in [0, 0.1) is 5.92 Å². The molecule has 158 valence electrons. The van der Waals surface area contributed by atoms with E-state index in [1.54, 1.807) is 24.6 Å². The average Bonchev–Trinajstić information content (AvgIpc) is 2.73. The van der Waals surface area contributed by atoms with Gasteiger partial charge in [0.2, 0.25) is 10.0 Å². The summed E-state index contributed by atoms with van der Waals surface area (Å²) in [4.78, 5) is 0. The Balaban J connectivity index is 2.27. The Bertz CT molecular complexity index is 811. The first kappa shape index (κ1) is 23.0. The Morgan fingerprint density at radius 1 is 0.931 bits per heavy atom. The Morgan fingerprint density at radius 2 is 1.38 bits per heavy atom. The maximum Gasteiger partial charge on any atom is 0.214 e. The molecule has 0 amide bonds. The summed E-state index contributed by atoms with van der Waals surface area (Å²) in [7, 11) is -0.238. The zero-order chi connectivity index (χ0) is 21.3. The highest BCUT2D eigenvalue weighted by molar-refractivity contribution is 7.89. The Kier molecular flexibility index (Phi) is 8.73. The van der Waals surface area contributed by atoms with Gasteiger partial charge in [-0.15, -0.1) is 6.58 Å². The zero-order valence-electron chi connectivity index (χ0n) is 17.5. The highest BCUT2D eigenvalue weighted by Gasteiger charge is 2.26. The maximum atomic E-state index is 13.3. The minimum Gasteiger partial charge on any atom is -0.497 e. The Morgan fingerprint density at radius 3 is 1.72 bits per heavy atom. The minimum absolute atomic E-state index is 0.0618. The van der Waals surface area contributed by atoms with Crippen molar-refractivity contribution in [2.45, 2.75) is 32.9 Å². The van der Waals surface area contributed by atoms with Gasteiger partial charge >= 0.3 is 0 Å². The van der Waals surface area contributed by atoms with Gasteiger partial charge < -0.3 is 9.47 Å². The monoisotopic (exact) mass is 417 g/mol. The highest BCUT2D eigenvalue weighted by Crippen LogP contribution is 2.22. The summed E-state index contributed by atoms with van der Waals surface area (Å²) in [5.74, 6) is 1.67. The zero-order valence-corrected chi connectivity index (χ0v) is 18.3. The number of methoxy groups -OCH3 is 2. The van der Waals surface area contributed by atoms with Crippen molar-refractivity contribution in [3.05, 3.63) is 72.3 Å². The second kappa shape index (κ2) is 11.0. The standard InChI is InChI=1S/C23H31NO4S/c1-5-7-19(6-2)18-29(25,26)24(16-20-8-12-22(27-3)13-9-20)17-21-10-14-23(28-4)15-11-21/h5,8-15,19H,1,6-7,16-18H2,2-4H3. The molecule has 0 spiro atoms. The number of hydrogen-bond donors (Lipinski definition) is 0. The van der Waals surface area contributed by atoms with Gasteiger partial charge in [0, 0.05) is 13.1 Å². The van der Waals surface area contributed by atoms with Crippen LogP contribution in [0.2, 0.25) is 0 Å². The molecular formula is C23H31NO4S. The van der Waals surface area contributed by atoms with E-state index in [9.17, 15) is 8.42 Å². The number of ether oxygens (including phenoxy) is 2. The van der Waals surface area contributed by atoms with E-state index in [0.29, 0.717) is 19.5 Å². The molecule has 0 aliphatic carbocycles. The molecule has 0 aliphatic heterocycles. The van der Waals surface area contributed by atoms with Crippen molar-refractivity contribution >= 4 is 10.0 Å². The van der Waals surface area contributed by atoms with Gasteiger partial charge in [-0.05, 0) is 47.7 Å². The molecule has 0 fully saturated rings. The number of hydrogen-bond acceptors (Lipinski definition) is 4. The van der Waals surface area contributed by atoms with Crippen molar-refractivity contribution in [3.63, 3.8) is 0 Å². The van der Waals surface area contributed by atoms with E-state index < -0.39 is 10.0 Å². The van der Waals surface area contributed by atoms with E-state index in [2.05, 4.69) is 6.58 Å². The molecule has 29 heavy (non-hydrogen) atoms. The van der Waals surface area contributed by atoms with Crippen LogP contribution in [0.25, 0.3) is 0 Å². The van der Waals surface area contributed by atoms with Crippen LogP contribution >= 0.6 is 0 Å². The van der Waals surface area contributed by atoms with Crippen LogP contribution in [0.3, 0.4) is 0 Å². The lowest BCUT2D eigenvalue weighted by Crippen LogP contribution is -2.34. The number of allylic oxidation sites excluding steroid dienone is 1. The summed E-state index contributed by atoms with van der Waals surface area (Å²) in [6.45, 7) is 6.39. The summed E-state index contributed by atoms with van der Waals surface area (Å²) in [5.41, 5.74) is 1.83. The number of sulfonamides is 1. The van der Waals surface area contributed by atoms with Crippen LogP contribution in [0.4, 0.5) is 0 Å². The van der Waals surface area contributed by atoms with Crippen molar-refractivity contribution in [1.82, 2.24) is 4.31 Å². The summed E-state index contributed by atoms with van der Waals surface area (Å²) in [6, 6.07) is 15.0. The van der Waals surface area contributed by atoms with E-state index >= 15 is 0 Å². The number of nitrogens with zero attached hydrogens (tertiary/aromatic N) is 1. The first-order chi connectivity index (χ1) is 13.9.